The second kappa shape index (κ2) is 7.30. The predicted octanol–water partition coefficient (Wildman–Crippen LogP) is 9.69. The molecule has 0 aliphatic heterocycles. The standard InChI is InChI=1S/C32H20S/c1-3-12-23-21(9-1)11-7-15-26(23)31-24-13-4-2-10-22(24)19-20-27(31)29-17-8-16-28-25-14-5-6-18-30(25)33-32(28)29/h1-20H. The van der Waals surface area contributed by atoms with E-state index >= 15 is 0 Å². The largest absolute Gasteiger partial charge is 0.135 e. The zero-order valence-electron chi connectivity index (χ0n) is 18.0. The molecule has 7 rings (SSSR count). The van der Waals surface area contributed by atoms with Crippen LogP contribution in [0.5, 0.6) is 0 Å². The SMILES string of the molecule is c1ccc2c(-c3c(-c4cccc5c4sc4ccccc45)ccc4ccccc34)cccc2c1. The average molecular weight is 437 g/mol. The minimum Gasteiger partial charge on any atom is -0.135 e. The van der Waals surface area contributed by atoms with Crippen LogP contribution in [0, 0.1) is 0 Å². The summed E-state index contributed by atoms with van der Waals surface area (Å²) >= 11 is 1.90. The van der Waals surface area contributed by atoms with Crippen molar-refractivity contribution in [2.75, 3.05) is 0 Å². The Hall–Kier alpha value is -3.94. The van der Waals surface area contributed by atoms with E-state index < -0.39 is 0 Å². The van der Waals surface area contributed by atoms with Crippen LogP contribution < -0.4 is 0 Å². The van der Waals surface area contributed by atoms with Gasteiger partial charge in [-0.25, -0.2) is 0 Å². The number of fused-ring (bicyclic) bond motifs is 5. The molecule has 0 saturated heterocycles. The Morgan fingerprint density at radius 2 is 0.970 bits per heavy atom. The normalized spacial score (nSPS) is 11.6. The minimum atomic E-state index is 1.27. The van der Waals surface area contributed by atoms with Gasteiger partial charge in [0.15, 0.2) is 0 Å². The monoisotopic (exact) mass is 436 g/mol. The first-order valence-corrected chi connectivity index (χ1v) is 12.1. The van der Waals surface area contributed by atoms with Gasteiger partial charge in [0.05, 0.1) is 0 Å². The third-order valence-corrected chi connectivity index (χ3v) is 7.90. The zero-order chi connectivity index (χ0) is 21.8. The second-order valence-corrected chi connectivity index (χ2v) is 9.57. The molecule has 0 spiro atoms. The summed E-state index contributed by atoms with van der Waals surface area (Å²) in [5.41, 5.74) is 5.21. The molecule has 0 bridgehead atoms. The number of hydrogen-bond donors (Lipinski definition) is 0. The van der Waals surface area contributed by atoms with E-state index in [0.717, 1.165) is 0 Å². The topological polar surface area (TPSA) is 0 Å². The molecule has 0 atom stereocenters. The van der Waals surface area contributed by atoms with Crippen LogP contribution in [0.15, 0.2) is 121 Å². The van der Waals surface area contributed by atoms with E-state index in [-0.39, 0.29) is 0 Å². The van der Waals surface area contributed by atoms with Crippen LogP contribution in [0.4, 0.5) is 0 Å². The lowest BCUT2D eigenvalue weighted by Gasteiger charge is -2.16. The number of thiophene rings is 1. The van der Waals surface area contributed by atoms with Crippen LogP contribution in [0.1, 0.15) is 0 Å². The van der Waals surface area contributed by atoms with Gasteiger partial charge in [-0.3, -0.25) is 0 Å². The third-order valence-electron chi connectivity index (χ3n) is 6.68. The molecule has 0 fully saturated rings. The molecule has 0 radical (unpaired) electrons. The molecule has 0 aliphatic rings. The van der Waals surface area contributed by atoms with Gasteiger partial charge < -0.3 is 0 Å². The summed E-state index contributed by atoms with van der Waals surface area (Å²) in [6.07, 6.45) is 0. The van der Waals surface area contributed by atoms with Crippen LogP contribution >= 0.6 is 11.3 Å². The summed E-state index contributed by atoms with van der Waals surface area (Å²) in [7, 11) is 0. The Morgan fingerprint density at radius 3 is 1.85 bits per heavy atom. The van der Waals surface area contributed by atoms with Crippen molar-refractivity contribution in [3.63, 3.8) is 0 Å². The molecule has 1 heteroatoms. The molecule has 0 aliphatic carbocycles. The smallest absolute Gasteiger partial charge is 0.0434 e. The molecule has 154 valence electrons. The minimum absolute atomic E-state index is 1.27. The fraction of sp³-hybridized carbons (Fsp3) is 0. The van der Waals surface area contributed by atoms with Crippen molar-refractivity contribution in [1.29, 1.82) is 0 Å². The first-order valence-electron chi connectivity index (χ1n) is 11.3. The zero-order valence-corrected chi connectivity index (χ0v) is 18.8. The third kappa shape index (κ3) is 2.83. The Balaban J connectivity index is 1.64. The van der Waals surface area contributed by atoms with Gasteiger partial charge in [0, 0.05) is 25.7 Å². The van der Waals surface area contributed by atoms with Crippen molar-refractivity contribution < 1.29 is 0 Å². The van der Waals surface area contributed by atoms with E-state index in [4.69, 9.17) is 0 Å². The van der Waals surface area contributed by atoms with Gasteiger partial charge in [-0.1, -0.05) is 115 Å². The Morgan fingerprint density at radius 1 is 0.364 bits per heavy atom. The molecule has 1 heterocycles. The highest BCUT2D eigenvalue weighted by Crippen LogP contribution is 2.45. The molecule has 33 heavy (non-hydrogen) atoms. The predicted molar refractivity (Wildman–Crippen MR) is 145 cm³/mol. The maximum absolute atomic E-state index is 2.32. The van der Waals surface area contributed by atoms with Crippen molar-refractivity contribution >= 4 is 53.1 Å². The van der Waals surface area contributed by atoms with E-state index in [1.807, 2.05) is 11.3 Å². The van der Waals surface area contributed by atoms with Crippen LogP contribution in [0.3, 0.4) is 0 Å². The Labute approximate surface area is 196 Å². The van der Waals surface area contributed by atoms with Gasteiger partial charge in [0.25, 0.3) is 0 Å². The molecule has 6 aromatic carbocycles. The summed E-state index contributed by atoms with van der Waals surface area (Å²) in [6.45, 7) is 0. The van der Waals surface area contributed by atoms with Gasteiger partial charge in [-0.15, -0.1) is 11.3 Å². The van der Waals surface area contributed by atoms with Crippen molar-refractivity contribution in [3.05, 3.63) is 121 Å². The molecule has 7 aromatic rings. The molecule has 0 amide bonds. The molecule has 1 aromatic heterocycles. The second-order valence-electron chi connectivity index (χ2n) is 8.52. The lowest BCUT2D eigenvalue weighted by atomic mass is 9.87. The summed E-state index contributed by atoms with van der Waals surface area (Å²) in [4.78, 5) is 0. The lowest BCUT2D eigenvalue weighted by molar-refractivity contribution is 1.66. The Kier molecular flexibility index (Phi) is 4.12. The van der Waals surface area contributed by atoms with Crippen LogP contribution in [-0.2, 0) is 0 Å². The fourth-order valence-corrected chi connectivity index (χ4v) is 6.42. The fourth-order valence-electron chi connectivity index (χ4n) is 5.19. The first-order chi connectivity index (χ1) is 16.4. The number of benzene rings is 6. The van der Waals surface area contributed by atoms with Gasteiger partial charge >= 0.3 is 0 Å². The van der Waals surface area contributed by atoms with E-state index in [1.54, 1.807) is 0 Å². The van der Waals surface area contributed by atoms with Gasteiger partial charge in [-0.05, 0) is 44.3 Å². The average Bonchev–Trinajstić information content (AvgIpc) is 3.27. The molecule has 0 N–H and O–H groups in total. The summed E-state index contributed by atoms with van der Waals surface area (Å²) in [5, 5.41) is 7.81. The lowest BCUT2D eigenvalue weighted by Crippen LogP contribution is -1.90. The molecule has 0 unspecified atom stereocenters. The van der Waals surface area contributed by atoms with Gasteiger partial charge in [-0.2, -0.15) is 0 Å². The Bertz CT molecular complexity index is 1810. The summed E-state index contributed by atoms with van der Waals surface area (Å²) < 4.78 is 2.70. The van der Waals surface area contributed by atoms with Gasteiger partial charge in [0.1, 0.15) is 0 Å². The van der Waals surface area contributed by atoms with E-state index in [1.165, 1.54) is 64.0 Å². The maximum atomic E-state index is 2.32. The molecular weight excluding hydrogens is 416 g/mol. The maximum Gasteiger partial charge on any atom is 0.0434 e. The number of rotatable bonds is 2. The molecule has 0 saturated carbocycles. The highest BCUT2D eigenvalue weighted by Gasteiger charge is 2.17. The van der Waals surface area contributed by atoms with Crippen LogP contribution in [0.2, 0.25) is 0 Å². The summed E-state index contributed by atoms with van der Waals surface area (Å²) in [6, 6.07) is 44.2. The van der Waals surface area contributed by atoms with Crippen molar-refractivity contribution in [2.45, 2.75) is 0 Å². The summed E-state index contributed by atoms with van der Waals surface area (Å²) in [5.74, 6) is 0. The van der Waals surface area contributed by atoms with E-state index in [2.05, 4.69) is 121 Å². The molecular formula is C32H20S. The van der Waals surface area contributed by atoms with Crippen molar-refractivity contribution in [1.82, 2.24) is 0 Å². The quantitative estimate of drug-likeness (QED) is 0.253. The highest BCUT2D eigenvalue weighted by molar-refractivity contribution is 7.26. The highest BCUT2D eigenvalue weighted by atomic mass is 32.1. The first kappa shape index (κ1) is 18.6. The van der Waals surface area contributed by atoms with Crippen LogP contribution in [-0.4, -0.2) is 0 Å². The van der Waals surface area contributed by atoms with Crippen molar-refractivity contribution in [2.24, 2.45) is 0 Å². The van der Waals surface area contributed by atoms with Gasteiger partial charge in [0.2, 0.25) is 0 Å². The molecule has 0 nitrogen and oxygen atoms in total. The van der Waals surface area contributed by atoms with E-state index in [9.17, 15) is 0 Å². The van der Waals surface area contributed by atoms with E-state index in [0.29, 0.717) is 0 Å². The van der Waals surface area contributed by atoms with Crippen molar-refractivity contribution in [3.8, 4) is 22.3 Å². The van der Waals surface area contributed by atoms with Crippen LogP contribution in [0.25, 0.3) is 64.0 Å². The number of hydrogen-bond acceptors (Lipinski definition) is 1.